The molecule has 2 aromatic rings. The number of nitrogens with one attached hydrogen (secondary N) is 1. The summed E-state index contributed by atoms with van der Waals surface area (Å²) in [7, 11) is 3.26. The zero-order valence-corrected chi connectivity index (χ0v) is 15.5. The minimum absolute atomic E-state index is 0.0873. The molecule has 0 spiro atoms. The minimum atomic E-state index is -0.352. The molecule has 0 radical (unpaired) electrons. The van der Waals surface area contributed by atoms with Gasteiger partial charge in [-0.15, -0.1) is 0 Å². The second-order valence-corrected chi connectivity index (χ2v) is 5.72. The molecule has 2 rings (SSSR count). The Bertz CT molecular complexity index is 719. The van der Waals surface area contributed by atoms with Crippen LogP contribution in [0.3, 0.4) is 0 Å². The Balaban J connectivity index is 1.62. The number of hydrogen-bond acceptors (Lipinski definition) is 5. The van der Waals surface area contributed by atoms with Gasteiger partial charge in [0.15, 0.2) is 6.61 Å². The number of carbonyl (C=O) groups is 2. The predicted molar refractivity (Wildman–Crippen MR) is 101 cm³/mol. The number of benzene rings is 2. The van der Waals surface area contributed by atoms with Crippen LogP contribution in [0.2, 0.25) is 0 Å². The van der Waals surface area contributed by atoms with Gasteiger partial charge in [0, 0.05) is 7.05 Å². The monoisotopic (exact) mass is 372 g/mol. The molecule has 27 heavy (non-hydrogen) atoms. The zero-order valence-electron chi connectivity index (χ0n) is 15.5. The van der Waals surface area contributed by atoms with Crippen LogP contribution in [0.15, 0.2) is 54.6 Å². The molecule has 0 aromatic heterocycles. The lowest BCUT2D eigenvalue weighted by Gasteiger charge is -2.18. The molecule has 7 heteroatoms. The molecule has 0 aliphatic heterocycles. The molecule has 0 atom stereocenters. The normalized spacial score (nSPS) is 10.0. The van der Waals surface area contributed by atoms with Crippen molar-refractivity contribution in [2.45, 2.75) is 0 Å². The van der Waals surface area contributed by atoms with Crippen LogP contribution in [0.1, 0.15) is 0 Å². The third-order valence-corrected chi connectivity index (χ3v) is 3.73. The van der Waals surface area contributed by atoms with E-state index >= 15 is 0 Å². The van der Waals surface area contributed by atoms with E-state index in [1.54, 1.807) is 50.6 Å². The second kappa shape index (κ2) is 10.7. The molecule has 0 aliphatic carbocycles. The van der Waals surface area contributed by atoms with Crippen molar-refractivity contribution in [2.75, 3.05) is 40.5 Å². The highest BCUT2D eigenvalue weighted by Gasteiger charge is 2.11. The van der Waals surface area contributed by atoms with Crippen LogP contribution < -0.4 is 19.5 Å². The lowest BCUT2D eigenvalue weighted by Crippen LogP contribution is -2.41. The maximum atomic E-state index is 12.0. The molecule has 2 aromatic carbocycles. The van der Waals surface area contributed by atoms with Gasteiger partial charge < -0.3 is 24.4 Å². The van der Waals surface area contributed by atoms with Crippen molar-refractivity contribution in [3.8, 4) is 17.2 Å². The molecule has 144 valence electrons. The van der Waals surface area contributed by atoms with Gasteiger partial charge in [0.2, 0.25) is 5.91 Å². The summed E-state index contributed by atoms with van der Waals surface area (Å²) in [5.74, 6) is 1.49. The van der Waals surface area contributed by atoms with Gasteiger partial charge in [0.05, 0.1) is 20.2 Å². The molecule has 0 fully saturated rings. The Kier molecular flexibility index (Phi) is 7.96. The third kappa shape index (κ3) is 7.27. The van der Waals surface area contributed by atoms with Crippen molar-refractivity contribution < 1.29 is 23.8 Å². The Hall–Kier alpha value is -3.22. The topological polar surface area (TPSA) is 77.1 Å². The first kappa shape index (κ1) is 20.1. The Labute approximate surface area is 158 Å². The first-order chi connectivity index (χ1) is 13.1. The molecule has 0 aliphatic rings. The van der Waals surface area contributed by atoms with Crippen LogP contribution in [0.25, 0.3) is 0 Å². The van der Waals surface area contributed by atoms with E-state index in [0.717, 1.165) is 5.75 Å². The first-order valence-electron chi connectivity index (χ1n) is 8.54. The Morgan fingerprint density at radius 2 is 1.56 bits per heavy atom. The summed E-state index contributed by atoms with van der Waals surface area (Å²) < 4.78 is 16.0. The van der Waals surface area contributed by atoms with E-state index in [1.165, 1.54) is 4.90 Å². The average molecular weight is 372 g/mol. The number of amides is 2. The number of rotatable bonds is 10. The summed E-state index contributed by atoms with van der Waals surface area (Å²) in [6.45, 7) is 0.526. The quantitative estimate of drug-likeness (QED) is 0.687. The average Bonchev–Trinajstić information content (AvgIpc) is 2.71. The lowest BCUT2D eigenvalue weighted by atomic mass is 10.3. The number of methoxy groups -OCH3 is 1. The van der Waals surface area contributed by atoms with Crippen LogP contribution in [-0.4, -0.2) is 57.2 Å². The van der Waals surface area contributed by atoms with Crippen molar-refractivity contribution in [3.63, 3.8) is 0 Å². The van der Waals surface area contributed by atoms with Crippen molar-refractivity contribution in [1.29, 1.82) is 0 Å². The number of hydrogen-bond donors (Lipinski definition) is 1. The molecule has 0 bridgehead atoms. The van der Waals surface area contributed by atoms with Gasteiger partial charge in [-0.05, 0) is 36.4 Å². The SMILES string of the molecule is COc1ccc(OCCN(C)C(=O)CNC(=O)COc2ccccc2)cc1. The van der Waals surface area contributed by atoms with Gasteiger partial charge in [-0.25, -0.2) is 0 Å². The predicted octanol–water partition coefficient (Wildman–Crippen LogP) is 1.73. The number of carbonyl (C=O) groups excluding carboxylic acids is 2. The highest BCUT2D eigenvalue weighted by atomic mass is 16.5. The van der Waals surface area contributed by atoms with E-state index in [2.05, 4.69) is 5.32 Å². The van der Waals surface area contributed by atoms with Gasteiger partial charge >= 0.3 is 0 Å². The molecule has 7 nitrogen and oxygen atoms in total. The van der Waals surface area contributed by atoms with Crippen LogP contribution >= 0.6 is 0 Å². The number of para-hydroxylation sites is 1. The summed E-state index contributed by atoms with van der Waals surface area (Å²) in [6.07, 6.45) is 0. The fourth-order valence-electron chi connectivity index (χ4n) is 2.12. The van der Waals surface area contributed by atoms with Gasteiger partial charge in [-0.1, -0.05) is 18.2 Å². The second-order valence-electron chi connectivity index (χ2n) is 5.72. The Morgan fingerprint density at radius 3 is 2.22 bits per heavy atom. The molecular weight excluding hydrogens is 348 g/mol. The molecule has 1 N–H and O–H groups in total. The Morgan fingerprint density at radius 1 is 0.926 bits per heavy atom. The summed E-state index contributed by atoms with van der Waals surface area (Å²) >= 11 is 0. The standard InChI is InChI=1S/C20H24N2O5/c1-22(12-13-26-18-10-8-16(25-2)9-11-18)20(24)14-21-19(23)15-27-17-6-4-3-5-7-17/h3-11H,12-15H2,1-2H3,(H,21,23). The summed E-state index contributed by atoms with van der Waals surface area (Å²) in [6, 6.07) is 16.2. The van der Waals surface area contributed by atoms with Crippen LogP contribution in [0, 0.1) is 0 Å². The fourth-order valence-corrected chi connectivity index (χ4v) is 2.12. The van der Waals surface area contributed by atoms with E-state index in [4.69, 9.17) is 14.2 Å². The van der Waals surface area contributed by atoms with Crippen LogP contribution in [0.5, 0.6) is 17.2 Å². The van der Waals surface area contributed by atoms with Gasteiger partial charge in [0.1, 0.15) is 23.9 Å². The molecule has 0 saturated heterocycles. The first-order valence-corrected chi connectivity index (χ1v) is 8.54. The maximum Gasteiger partial charge on any atom is 0.258 e. The third-order valence-electron chi connectivity index (χ3n) is 3.73. The van der Waals surface area contributed by atoms with Gasteiger partial charge in [0.25, 0.3) is 5.91 Å². The largest absolute Gasteiger partial charge is 0.497 e. The van der Waals surface area contributed by atoms with Crippen LogP contribution in [0.4, 0.5) is 0 Å². The summed E-state index contributed by atoms with van der Waals surface area (Å²) in [5, 5.41) is 2.54. The van der Waals surface area contributed by atoms with E-state index in [0.29, 0.717) is 24.7 Å². The van der Waals surface area contributed by atoms with E-state index in [1.807, 2.05) is 18.2 Å². The van der Waals surface area contributed by atoms with E-state index in [9.17, 15) is 9.59 Å². The minimum Gasteiger partial charge on any atom is -0.497 e. The highest BCUT2D eigenvalue weighted by Crippen LogP contribution is 2.16. The van der Waals surface area contributed by atoms with Crippen molar-refractivity contribution in [3.05, 3.63) is 54.6 Å². The van der Waals surface area contributed by atoms with Gasteiger partial charge in [-0.2, -0.15) is 0 Å². The molecule has 0 saturated carbocycles. The highest BCUT2D eigenvalue weighted by molar-refractivity contribution is 5.85. The smallest absolute Gasteiger partial charge is 0.258 e. The summed E-state index contributed by atoms with van der Waals surface area (Å²) in [5.41, 5.74) is 0. The number of ether oxygens (including phenoxy) is 3. The summed E-state index contributed by atoms with van der Waals surface area (Å²) in [4.78, 5) is 25.3. The van der Waals surface area contributed by atoms with Crippen molar-refractivity contribution in [1.82, 2.24) is 10.2 Å². The number of likely N-dealkylation sites (N-methyl/N-ethyl adjacent to an activating group) is 1. The van der Waals surface area contributed by atoms with E-state index < -0.39 is 0 Å². The van der Waals surface area contributed by atoms with Crippen molar-refractivity contribution >= 4 is 11.8 Å². The van der Waals surface area contributed by atoms with Gasteiger partial charge in [-0.3, -0.25) is 9.59 Å². The van der Waals surface area contributed by atoms with Crippen LogP contribution in [-0.2, 0) is 9.59 Å². The van der Waals surface area contributed by atoms with E-state index in [-0.39, 0.29) is 25.0 Å². The molecule has 2 amide bonds. The number of nitrogens with zero attached hydrogens (tertiary/aromatic N) is 1. The molecule has 0 unspecified atom stereocenters. The zero-order chi connectivity index (χ0) is 19.5. The maximum absolute atomic E-state index is 12.0. The van der Waals surface area contributed by atoms with Crippen molar-refractivity contribution in [2.24, 2.45) is 0 Å². The molecule has 0 heterocycles. The lowest BCUT2D eigenvalue weighted by molar-refractivity contribution is -0.132. The molecular formula is C20H24N2O5. The fraction of sp³-hybridized carbons (Fsp3) is 0.300.